The number of carboxylic acid groups (broad SMARTS) is 1. The van der Waals surface area contributed by atoms with Gasteiger partial charge in [0.15, 0.2) is 17.2 Å². The van der Waals surface area contributed by atoms with E-state index in [1.165, 1.54) is 51.9 Å². The Bertz CT molecular complexity index is 996. The van der Waals surface area contributed by atoms with Gasteiger partial charge in [-0.3, -0.25) is 4.79 Å². The molecule has 2 aromatic carbocycles. The van der Waals surface area contributed by atoms with Crippen molar-refractivity contribution in [3.63, 3.8) is 0 Å². The van der Waals surface area contributed by atoms with E-state index in [1.807, 2.05) is 0 Å². The summed E-state index contributed by atoms with van der Waals surface area (Å²) in [6.45, 7) is 0. The Hall–Kier alpha value is -3.81. The minimum Gasteiger partial charge on any atom is -0.493 e. The SMILES string of the molecule is COc1cc(C(=O)c2coc(-c3ccc(C(=O)O)cc3)n2)cc(OC)c1OC. The summed E-state index contributed by atoms with van der Waals surface area (Å²) >= 11 is 0. The van der Waals surface area contributed by atoms with Gasteiger partial charge in [0.1, 0.15) is 6.26 Å². The van der Waals surface area contributed by atoms with Crippen molar-refractivity contribution in [3.05, 3.63) is 59.5 Å². The molecule has 3 aromatic rings. The zero-order valence-electron chi connectivity index (χ0n) is 15.4. The lowest BCUT2D eigenvalue weighted by Gasteiger charge is -2.13. The molecule has 1 N–H and O–H groups in total. The summed E-state index contributed by atoms with van der Waals surface area (Å²) in [6.07, 6.45) is 1.24. The van der Waals surface area contributed by atoms with Gasteiger partial charge in [-0.1, -0.05) is 0 Å². The fourth-order valence-corrected chi connectivity index (χ4v) is 2.63. The molecule has 0 fully saturated rings. The predicted octanol–water partition coefficient (Wildman–Crippen LogP) is 3.30. The first kappa shape index (κ1) is 19.0. The van der Waals surface area contributed by atoms with Crippen LogP contribution in [0.4, 0.5) is 0 Å². The third-order valence-electron chi connectivity index (χ3n) is 4.04. The number of oxazole rings is 1. The number of hydrogen-bond donors (Lipinski definition) is 1. The molecule has 8 heteroatoms. The van der Waals surface area contributed by atoms with Gasteiger partial charge in [0, 0.05) is 11.1 Å². The number of rotatable bonds is 7. The second kappa shape index (κ2) is 7.83. The summed E-state index contributed by atoms with van der Waals surface area (Å²) in [7, 11) is 4.39. The fourth-order valence-electron chi connectivity index (χ4n) is 2.63. The highest BCUT2D eigenvalue weighted by atomic mass is 16.5. The first-order valence-corrected chi connectivity index (χ1v) is 8.12. The van der Waals surface area contributed by atoms with Crippen LogP contribution in [-0.2, 0) is 0 Å². The number of methoxy groups -OCH3 is 3. The molecule has 28 heavy (non-hydrogen) atoms. The first-order chi connectivity index (χ1) is 13.5. The van der Waals surface area contributed by atoms with Crippen LogP contribution in [0, 0.1) is 0 Å². The lowest BCUT2D eigenvalue weighted by Crippen LogP contribution is -2.04. The number of hydrogen-bond acceptors (Lipinski definition) is 7. The second-order valence-corrected chi connectivity index (χ2v) is 5.66. The van der Waals surface area contributed by atoms with Crippen molar-refractivity contribution in [2.75, 3.05) is 21.3 Å². The third-order valence-corrected chi connectivity index (χ3v) is 4.04. The number of ketones is 1. The zero-order valence-corrected chi connectivity index (χ0v) is 15.4. The van der Waals surface area contributed by atoms with Crippen LogP contribution in [0.15, 0.2) is 47.1 Å². The molecule has 1 aromatic heterocycles. The molecule has 0 unspecified atom stereocenters. The van der Waals surface area contributed by atoms with Crippen molar-refractivity contribution in [1.29, 1.82) is 0 Å². The van der Waals surface area contributed by atoms with Gasteiger partial charge in [-0.2, -0.15) is 0 Å². The summed E-state index contributed by atoms with van der Waals surface area (Å²) in [5, 5.41) is 8.96. The Labute approximate surface area is 160 Å². The molecule has 0 atom stereocenters. The van der Waals surface area contributed by atoms with Crippen LogP contribution in [0.2, 0.25) is 0 Å². The average molecular weight is 383 g/mol. The van der Waals surface area contributed by atoms with Crippen LogP contribution in [0.3, 0.4) is 0 Å². The van der Waals surface area contributed by atoms with Gasteiger partial charge in [0.05, 0.1) is 26.9 Å². The maximum Gasteiger partial charge on any atom is 0.335 e. The van der Waals surface area contributed by atoms with Crippen LogP contribution < -0.4 is 14.2 Å². The number of aromatic nitrogens is 1. The Morgan fingerprint density at radius 3 is 2.04 bits per heavy atom. The molecule has 0 bridgehead atoms. The van der Waals surface area contributed by atoms with E-state index < -0.39 is 11.8 Å². The predicted molar refractivity (Wildman–Crippen MR) is 98.4 cm³/mol. The van der Waals surface area contributed by atoms with Gasteiger partial charge in [-0.05, 0) is 36.4 Å². The zero-order chi connectivity index (χ0) is 20.3. The van der Waals surface area contributed by atoms with Gasteiger partial charge in [0.25, 0.3) is 0 Å². The van der Waals surface area contributed by atoms with Crippen LogP contribution in [0.25, 0.3) is 11.5 Å². The third kappa shape index (κ3) is 3.52. The Kier molecular flexibility index (Phi) is 5.30. The highest BCUT2D eigenvalue weighted by molar-refractivity contribution is 6.08. The molecule has 0 aliphatic carbocycles. The summed E-state index contributed by atoms with van der Waals surface area (Å²) in [5.41, 5.74) is 1.07. The molecule has 0 saturated carbocycles. The molecule has 1 heterocycles. The Balaban J connectivity index is 1.93. The first-order valence-electron chi connectivity index (χ1n) is 8.12. The highest BCUT2D eigenvalue weighted by Gasteiger charge is 2.21. The molecule has 0 saturated heterocycles. The van der Waals surface area contributed by atoms with Gasteiger partial charge in [-0.25, -0.2) is 9.78 Å². The normalized spacial score (nSPS) is 10.4. The van der Waals surface area contributed by atoms with E-state index >= 15 is 0 Å². The van der Waals surface area contributed by atoms with E-state index in [0.717, 1.165) is 0 Å². The van der Waals surface area contributed by atoms with Crippen molar-refractivity contribution in [2.24, 2.45) is 0 Å². The Morgan fingerprint density at radius 1 is 0.929 bits per heavy atom. The molecular weight excluding hydrogens is 366 g/mol. The number of carbonyl (C=O) groups excluding carboxylic acids is 1. The van der Waals surface area contributed by atoms with Crippen molar-refractivity contribution in [1.82, 2.24) is 4.98 Å². The molecule has 0 aliphatic rings. The van der Waals surface area contributed by atoms with Crippen LogP contribution in [0.5, 0.6) is 17.2 Å². The van der Waals surface area contributed by atoms with Crippen molar-refractivity contribution in [2.45, 2.75) is 0 Å². The van der Waals surface area contributed by atoms with Crippen LogP contribution in [-0.4, -0.2) is 43.2 Å². The number of aromatic carboxylic acids is 1. The van der Waals surface area contributed by atoms with E-state index in [4.69, 9.17) is 23.7 Å². The molecule has 8 nitrogen and oxygen atoms in total. The summed E-state index contributed by atoms with van der Waals surface area (Å²) in [4.78, 5) is 28.0. The van der Waals surface area contributed by atoms with Crippen LogP contribution >= 0.6 is 0 Å². The van der Waals surface area contributed by atoms with Crippen molar-refractivity contribution in [3.8, 4) is 28.7 Å². The lowest BCUT2D eigenvalue weighted by atomic mass is 10.1. The number of carboxylic acids is 1. The number of benzene rings is 2. The molecular formula is C20H17NO7. The number of nitrogens with zero attached hydrogens (tertiary/aromatic N) is 1. The summed E-state index contributed by atoms with van der Waals surface area (Å²) in [6, 6.07) is 9.04. The summed E-state index contributed by atoms with van der Waals surface area (Å²) < 4.78 is 21.2. The fraction of sp³-hybridized carbons (Fsp3) is 0.150. The molecule has 0 amide bonds. The monoisotopic (exact) mass is 383 g/mol. The maximum atomic E-state index is 12.8. The van der Waals surface area contributed by atoms with Gasteiger partial charge in [-0.15, -0.1) is 0 Å². The number of ether oxygens (including phenoxy) is 3. The Morgan fingerprint density at radius 2 is 1.54 bits per heavy atom. The van der Waals surface area contributed by atoms with Gasteiger partial charge < -0.3 is 23.7 Å². The molecule has 0 radical (unpaired) electrons. The van der Waals surface area contributed by atoms with E-state index in [0.29, 0.717) is 22.8 Å². The lowest BCUT2D eigenvalue weighted by molar-refractivity contribution is 0.0696. The van der Waals surface area contributed by atoms with Crippen LogP contribution in [0.1, 0.15) is 26.4 Å². The van der Waals surface area contributed by atoms with E-state index in [9.17, 15) is 9.59 Å². The average Bonchev–Trinajstić information content (AvgIpc) is 3.22. The molecule has 0 aliphatic heterocycles. The van der Waals surface area contributed by atoms with Gasteiger partial charge >= 0.3 is 5.97 Å². The topological polar surface area (TPSA) is 108 Å². The van der Waals surface area contributed by atoms with E-state index in [2.05, 4.69) is 4.98 Å². The maximum absolute atomic E-state index is 12.8. The van der Waals surface area contributed by atoms with E-state index in [1.54, 1.807) is 12.1 Å². The smallest absolute Gasteiger partial charge is 0.335 e. The minimum absolute atomic E-state index is 0.0894. The highest BCUT2D eigenvalue weighted by Crippen LogP contribution is 2.38. The standard InChI is InChI=1S/C20H17NO7/c1-25-15-8-13(9-16(26-2)18(15)27-3)17(22)14-10-28-19(21-14)11-4-6-12(7-5-11)20(23)24/h4-10H,1-3H3,(H,23,24). The second-order valence-electron chi connectivity index (χ2n) is 5.66. The molecule has 3 rings (SSSR count). The van der Waals surface area contributed by atoms with E-state index in [-0.39, 0.29) is 22.7 Å². The van der Waals surface area contributed by atoms with Gasteiger partial charge in [0.2, 0.25) is 17.4 Å². The molecule has 0 spiro atoms. The minimum atomic E-state index is -1.03. The van der Waals surface area contributed by atoms with Crippen molar-refractivity contribution >= 4 is 11.8 Å². The number of carbonyl (C=O) groups is 2. The summed E-state index contributed by atoms with van der Waals surface area (Å²) in [5.74, 6) is -0.154. The quantitative estimate of drug-likeness (QED) is 0.619. The largest absolute Gasteiger partial charge is 0.493 e. The molecule has 144 valence electrons. The van der Waals surface area contributed by atoms with Crippen molar-refractivity contribution < 1.29 is 33.3 Å².